The second kappa shape index (κ2) is 7.92. The van der Waals surface area contributed by atoms with E-state index in [9.17, 15) is 13.2 Å². The molecule has 0 fully saturated rings. The van der Waals surface area contributed by atoms with Crippen molar-refractivity contribution < 1.29 is 8.42 Å². The highest BCUT2D eigenvalue weighted by Gasteiger charge is 2.22. The van der Waals surface area contributed by atoms with Crippen LogP contribution in [0.4, 0.5) is 11.5 Å². The highest BCUT2D eigenvalue weighted by molar-refractivity contribution is 7.92. The summed E-state index contributed by atoms with van der Waals surface area (Å²) in [5.74, 6) is 0.204. The first-order valence-electron chi connectivity index (χ1n) is 8.76. The quantitative estimate of drug-likeness (QED) is 0.495. The molecule has 9 nitrogen and oxygen atoms in total. The second-order valence-electron chi connectivity index (χ2n) is 6.58. The Morgan fingerprint density at radius 1 is 1.00 bits per heavy atom. The van der Waals surface area contributed by atoms with Gasteiger partial charge in [0.25, 0.3) is 10.0 Å². The lowest BCUT2D eigenvalue weighted by Gasteiger charge is -2.10. The molecule has 1 N–H and O–H groups in total. The summed E-state index contributed by atoms with van der Waals surface area (Å²) in [7, 11) is 1.10. The van der Waals surface area contributed by atoms with Gasteiger partial charge in [-0.25, -0.2) is 13.2 Å². The molecular formula is C19H22N6O3S. The maximum Gasteiger partial charge on any atom is 0.334 e. The molecule has 0 bridgehead atoms. The third-order valence-electron chi connectivity index (χ3n) is 4.22. The monoisotopic (exact) mass is 414 g/mol. The van der Waals surface area contributed by atoms with Crippen LogP contribution in [0.2, 0.25) is 0 Å². The number of hydrogen-bond donors (Lipinski definition) is 1. The average molecular weight is 414 g/mol. The van der Waals surface area contributed by atoms with Gasteiger partial charge in [0.05, 0.1) is 22.0 Å². The van der Waals surface area contributed by atoms with Crippen molar-refractivity contribution in [2.75, 3.05) is 18.8 Å². The van der Waals surface area contributed by atoms with Crippen molar-refractivity contribution in [3.8, 4) is 5.69 Å². The first-order chi connectivity index (χ1) is 13.7. The smallest absolute Gasteiger partial charge is 0.285 e. The van der Waals surface area contributed by atoms with E-state index in [1.165, 1.54) is 33.3 Å². The summed E-state index contributed by atoms with van der Waals surface area (Å²) in [4.78, 5) is 12.7. The minimum Gasteiger partial charge on any atom is -0.285 e. The zero-order valence-corrected chi connectivity index (χ0v) is 17.4. The van der Waals surface area contributed by atoms with Gasteiger partial charge in [0.1, 0.15) is 5.82 Å². The molecule has 3 rings (SSSR count). The molecule has 3 aromatic rings. The fourth-order valence-corrected chi connectivity index (χ4v) is 3.93. The van der Waals surface area contributed by atoms with E-state index in [0.29, 0.717) is 17.1 Å². The SMILES string of the molecule is Cc1c(NS(=O)(=O)c2ccc(N=NN(C)C)cc2)n(C)c(=O)n1-c1ccccc1. The zero-order chi connectivity index (χ0) is 21.2. The Labute approximate surface area is 169 Å². The number of nitrogens with zero attached hydrogens (tertiary/aromatic N) is 5. The summed E-state index contributed by atoms with van der Waals surface area (Å²) in [6.07, 6.45) is 0. The summed E-state index contributed by atoms with van der Waals surface area (Å²) in [6.45, 7) is 1.69. The molecule has 10 heteroatoms. The molecule has 0 spiro atoms. The summed E-state index contributed by atoms with van der Waals surface area (Å²) < 4.78 is 30.9. The van der Waals surface area contributed by atoms with Gasteiger partial charge in [-0.1, -0.05) is 23.4 Å². The molecule has 0 amide bonds. The summed E-state index contributed by atoms with van der Waals surface area (Å²) in [5, 5.41) is 9.38. The van der Waals surface area contributed by atoms with Crippen molar-refractivity contribution in [3.63, 3.8) is 0 Å². The third kappa shape index (κ3) is 4.21. The first-order valence-corrected chi connectivity index (χ1v) is 10.2. The lowest BCUT2D eigenvalue weighted by atomic mass is 10.3. The fourth-order valence-electron chi connectivity index (χ4n) is 2.78. The molecule has 0 aliphatic heterocycles. The van der Waals surface area contributed by atoms with Crippen LogP contribution in [0.3, 0.4) is 0 Å². The molecule has 0 saturated heterocycles. The van der Waals surface area contributed by atoms with Crippen LogP contribution in [-0.2, 0) is 17.1 Å². The molecule has 0 radical (unpaired) electrons. The molecule has 1 heterocycles. The van der Waals surface area contributed by atoms with Crippen LogP contribution in [0.15, 0.2) is 74.6 Å². The normalized spacial score (nSPS) is 11.7. The number of benzene rings is 2. The van der Waals surface area contributed by atoms with E-state index >= 15 is 0 Å². The van der Waals surface area contributed by atoms with Crippen molar-refractivity contribution in [1.29, 1.82) is 0 Å². The highest BCUT2D eigenvalue weighted by Crippen LogP contribution is 2.22. The van der Waals surface area contributed by atoms with Crippen LogP contribution in [0.25, 0.3) is 5.69 Å². The molecule has 1 aromatic heterocycles. The van der Waals surface area contributed by atoms with E-state index in [4.69, 9.17) is 0 Å². The number of hydrogen-bond acceptors (Lipinski definition) is 5. The number of para-hydroxylation sites is 1. The van der Waals surface area contributed by atoms with E-state index in [1.54, 1.807) is 45.3 Å². The number of anilines is 1. The van der Waals surface area contributed by atoms with E-state index in [-0.39, 0.29) is 16.4 Å². The van der Waals surface area contributed by atoms with Gasteiger partial charge in [0.2, 0.25) is 0 Å². The van der Waals surface area contributed by atoms with Crippen molar-refractivity contribution in [1.82, 2.24) is 14.1 Å². The Morgan fingerprint density at radius 2 is 1.62 bits per heavy atom. The predicted molar refractivity (Wildman–Crippen MR) is 111 cm³/mol. The van der Waals surface area contributed by atoms with Crippen LogP contribution in [-0.4, -0.2) is 36.7 Å². The van der Waals surface area contributed by atoms with Crippen molar-refractivity contribution in [2.24, 2.45) is 17.4 Å². The minimum atomic E-state index is -3.90. The molecule has 152 valence electrons. The van der Waals surface area contributed by atoms with E-state index in [0.717, 1.165) is 0 Å². The van der Waals surface area contributed by atoms with Crippen molar-refractivity contribution in [2.45, 2.75) is 11.8 Å². The number of imidazole rings is 1. The molecule has 0 aliphatic carbocycles. The standard InChI is InChI=1S/C19H22N6O3S/c1-14-18(24(4)19(26)25(14)16-8-6-5-7-9-16)21-29(27,28)17-12-10-15(11-13-17)20-22-23(2)3/h5-13,21H,1-4H3. The van der Waals surface area contributed by atoms with Crippen molar-refractivity contribution >= 4 is 21.5 Å². The molecule has 0 saturated carbocycles. The van der Waals surface area contributed by atoms with Gasteiger partial charge in [-0.15, -0.1) is 5.11 Å². The van der Waals surface area contributed by atoms with Crippen LogP contribution < -0.4 is 10.4 Å². The van der Waals surface area contributed by atoms with Gasteiger partial charge in [-0.2, -0.15) is 0 Å². The number of rotatable bonds is 6. The van der Waals surface area contributed by atoms with Crippen molar-refractivity contribution in [3.05, 3.63) is 70.8 Å². The topological polar surface area (TPSA) is 101 Å². The van der Waals surface area contributed by atoms with Gasteiger partial charge < -0.3 is 0 Å². The van der Waals surface area contributed by atoms with Gasteiger partial charge in [0.15, 0.2) is 0 Å². The predicted octanol–water partition coefficient (Wildman–Crippen LogP) is 2.85. The van der Waals surface area contributed by atoms with Gasteiger partial charge in [-0.05, 0) is 43.3 Å². The number of aromatic nitrogens is 2. The summed E-state index contributed by atoms with van der Waals surface area (Å²) in [6, 6.07) is 15.0. The van der Waals surface area contributed by atoms with E-state index in [2.05, 4.69) is 15.1 Å². The molecule has 0 unspecified atom stereocenters. The Bertz CT molecular complexity index is 1190. The van der Waals surface area contributed by atoms with Crippen LogP contribution in [0.1, 0.15) is 5.69 Å². The Kier molecular flexibility index (Phi) is 5.55. The van der Waals surface area contributed by atoms with E-state index < -0.39 is 10.0 Å². The van der Waals surface area contributed by atoms with Gasteiger partial charge in [-0.3, -0.25) is 18.9 Å². The largest absolute Gasteiger partial charge is 0.334 e. The zero-order valence-electron chi connectivity index (χ0n) is 16.6. The van der Waals surface area contributed by atoms with E-state index in [1.807, 2.05) is 18.2 Å². The lowest BCUT2D eigenvalue weighted by molar-refractivity contribution is 0.408. The van der Waals surface area contributed by atoms with Gasteiger partial charge >= 0.3 is 5.69 Å². The number of nitrogens with one attached hydrogen (secondary N) is 1. The first kappa shape index (κ1) is 20.3. The Balaban J connectivity index is 1.94. The molecular weight excluding hydrogens is 392 g/mol. The molecule has 0 aliphatic rings. The maximum absolute atomic E-state index is 12.8. The summed E-state index contributed by atoms with van der Waals surface area (Å²) in [5.41, 5.74) is 1.33. The number of sulfonamides is 1. The second-order valence-corrected chi connectivity index (χ2v) is 8.27. The van der Waals surface area contributed by atoms with Crippen LogP contribution in [0, 0.1) is 6.92 Å². The Hall–Kier alpha value is -3.40. The Morgan fingerprint density at radius 3 is 2.21 bits per heavy atom. The molecule has 29 heavy (non-hydrogen) atoms. The minimum absolute atomic E-state index is 0.0561. The molecule has 2 aromatic carbocycles. The van der Waals surface area contributed by atoms with Crippen LogP contribution >= 0.6 is 0 Å². The van der Waals surface area contributed by atoms with Gasteiger partial charge in [0, 0.05) is 21.1 Å². The van der Waals surface area contributed by atoms with Crippen LogP contribution in [0.5, 0.6) is 0 Å². The third-order valence-corrected chi connectivity index (χ3v) is 5.58. The highest BCUT2D eigenvalue weighted by atomic mass is 32.2. The molecule has 0 atom stereocenters. The lowest BCUT2D eigenvalue weighted by Crippen LogP contribution is -2.22. The fraction of sp³-hybridized carbons (Fsp3) is 0.211. The average Bonchev–Trinajstić information content (AvgIpc) is 2.90. The maximum atomic E-state index is 12.8. The summed E-state index contributed by atoms with van der Waals surface area (Å²) >= 11 is 0.